The molecule has 0 saturated carbocycles. The molecule has 0 unspecified atom stereocenters. The van der Waals surface area contributed by atoms with Gasteiger partial charge in [-0.2, -0.15) is 8.42 Å². The van der Waals surface area contributed by atoms with Crippen molar-refractivity contribution in [2.75, 3.05) is 5.73 Å². The molecule has 0 amide bonds. The molecule has 72 valence electrons. The van der Waals surface area contributed by atoms with E-state index in [-0.39, 0.29) is 9.92 Å². The third-order valence-corrected chi connectivity index (χ3v) is 2.92. The largest absolute Gasteiger partial charge is 0.398 e. The van der Waals surface area contributed by atoms with E-state index in [1.807, 2.05) is 0 Å². The van der Waals surface area contributed by atoms with E-state index in [2.05, 4.69) is 0 Å². The van der Waals surface area contributed by atoms with Crippen molar-refractivity contribution >= 4 is 27.4 Å². The van der Waals surface area contributed by atoms with Gasteiger partial charge >= 0.3 is 0 Å². The lowest BCUT2D eigenvalue weighted by atomic mass is 10.2. The number of rotatable bonds is 1. The van der Waals surface area contributed by atoms with Crippen molar-refractivity contribution in [3.63, 3.8) is 0 Å². The molecule has 0 aromatic heterocycles. The van der Waals surface area contributed by atoms with Crippen molar-refractivity contribution in [3.8, 4) is 0 Å². The summed E-state index contributed by atoms with van der Waals surface area (Å²) in [5.74, 6) is 0. The Bertz CT molecular complexity index is 441. The summed E-state index contributed by atoms with van der Waals surface area (Å²) in [4.78, 5) is -0.319. The van der Waals surface area contributed by atoms with Gasteiger partial charge < -0.3 is 5.73 Å². The number of nitrogens with two attached hydrogens (primary N) is 1. The second-order valence-electron chi connectivity index (χ2n) is 2.61. The summed E-state index contributed by atoms with van der Waals surface area (Å²) >= 11 is 5.57. The summed E-state index contributed by atoms with van der Waals surface area (Å²) in [6.07, 6.45) is 0. The highest BCUT2D eigenvalue weighted by Crippen LogP contribution is 2.26. The van der Waals surface area contributed by atoms with Crippen LogP contribution in [0.4, 0.5) is 5.69 Å². The highest BCUT2D eigenvalue weighted by atomic mass is 35.5. The van der Waals surface area contributed by atoms with E-state index in [1.54, 1.807) is 6.92 Å². The van der Waals surface area contributed by atoms with Crippen molar-refractivity contribution in [3.05, 3.63) is 22.7 Å². The summed E-state index contributed by atoms with van der Waals surface area (Å²) in [7, 11) is -4.26. The Balaban J connectivity index is 3.50. The lowest BCUT2D eigenvalue weighted by Crippen LogP contribution is -2.01. The minimum Gasteiger partial charge on any atom is -0.398 e. The third-order valence-electron chi connectivity index (χ3n) is 1.60. The monoisotopic (exact) mass is 221 g/mol. The van der Waals surface area contributed by atoms with Gasteiger partial charge in [-0.15, -0.1) is 0 Å². The highest BCUT2D eigenvalue weighted by molar-refractivity contribution is 7.86. The summed E-state index contributed by atoms with van der Waals surface area (Å²) < 4.78 is 30.2. The maximum absolute atomic E-state index is 10.7. The average molecular weight is 222 g/mol. The zero-order valence-electron chi connectivity index (χ0n) is 6.78. The Morgan fingerprint density at radius 2 is 2.00 bits per heavy atom. The molecule has 0 aliphatic carbocycles. The van der Waals surface area contributed by atoms with Gasteiger partial charge in [0.15, 0.2) is 0 Å². The summed E-state index contributed by atoms with van der Waals surface area (Å²) in [6.45, 7) is 1.63. The summed E-state index contributed by atoms with van der Waals surface area (Å²) in [5.41, 5.74) is 6.41. The predicted molar refractivity (Wildman–Crippen MR) is 50.4 cm³/mol. The van der Waals surface area contributed by atoms with E-state index in [0.29, 0.717) is 11.3 Å². The lowest BCUT2D eigenvalue weighted by Gasteiger charge is -2.04. The molecule has 0 aliphatic rings. The Morgan fingerprint density at radius 1 is 1.46 bits per heavy atom. The molecule has 0 aliphatic heterocycles. The minimum absolute atomic E-state index is 0.0781. The molecule has 13 heavy (non-hydrogen) atoms. The second kappa shape index (κ2) is 3.17. The number of aryl methyl sites for hydroxylation is 1. The minimum atomic E-state index is -4.26. The molecule has 0 atom stereocenters. The number of anilines is 1. The van der Waals surface area contributed by atoms with Gasteiger partial charge in [0.2, 0.25) is 0 Å². The number of halogens is 1. The number of nitrogen functional groups attached to an aromatic ring is 1. The molecule has 0 saturated heterocycles. The van der Waals surface area contributed by atoms with Gasteiger partial charge in [-0.1, -0.05) is 11.6 Å². The molecule has 1 rings (SSSR count). The molecule has 1 aromatic carbocycles. The fourth-order valence-electron chi connectivity index (χ4n) is 0.868. The summed E-state index contributed by atoms with van der Waals surface area (Å²) in [5, 5.41) is -0.0781. The standard InChI is InChI=1S/C7H8ClNO3S/c1-4-2-7(13(10,11)12)5(8)3-6(4)9/h2-3H,9H2,1H3,(H,10,11,12). The van der Waals surface area contributed by atoms with Gasteiger partial charge in [-0.05, 0) is 24.6 Å². The van der Waals surface area contributed by atoms with E-state index in [4.69, 9.17) is 21.9 Å². The van der Waals surface area contributed by atoms with Gasteiger partial charge in [0, 0.05) is 5.69 Å². The zero-order valence-corrected chi connectivity index (χ0v) is 8.35. The van der Waals surface area contributed by atoms with Crippen LogP contribution in [-0.4, -0.2) is 13.0 Å². The van der Waals surface area contributed by atoms with Gasteiger partial charge in [0.05, 0.1) is 5.02 Å². The molecular weight excluding hydrogens is 214 g/mol. The van der Waals surface area contributed by atoms with E-state index >= 15 is 0 Å². The van der Waals surface area contributed by atoms with Crippen LogP contribution < -0.4 is 5.73 Å². The van der Waals surface area contributed by atoms with Crippen LogP contribution in [0.1, 0.15) is 5.56 Å². The van der Waals surface area contributed by atoms with Crippen LogP contribution in [0.2, 0.25) is 5.02 Å². The first kappa shape index (κ1) is 10.3. The molecular formula is C7H8ClNO3S. The SMILES string of the molecule is Cc1cc(S(=O)(=O)O)c(Cl)cc1N. The first-order valence-corrected chi connectivity index (χ1v) is 5.17. The Morgan fingerprint density at radius 3 is 2.46 bits per heavy atom. The number of hydrogen-bond acceptors (Lipinski definition) is 3. The van der Waals surface area contributed by atoms with E-state index in [1.165, 1.54) is 12.1 Å². The van der Waals surface area contributed by atoms with Crippen molar-refractivity contribution < 1.29 is 13.0 Å². The molecule has 0 bridgehead atoms. The first-order valence-electron chi connectivity index (χ1n) is 3.35. The molecule has 6 heteroatoms. The van der Waals surface area contributed by atoms with Crippen molar-refractivity contribution in [2.24, 2.45) is 0 Å². The van der Waals surface area contributed by atoms with Crippen molar-refractivity contribution in [2.45, 2.75) is 11.8 Å². The molecule has 4 nitrogen and oxygen atoms in total. The van der Waals surface area contributed by atoms with Crippen LogP contribution in [0.5, 0.6) is 0 Å². The van der Waals surface area contributed by atoms with E-state index in [9.17, 15) is 8.42 Å². The molecule has 0 fully saturated rings. The van der Waals surface area contributed by atoms with E-state index < -0.39 is 10.1 Å². The fourth-order valence-corrected chi connectivity index (χ4v) is 1.96. The van der Waals surface area contributed by atoms with Crippen LogP contribution in [0.15, 0.2) is 17.0 Å². The lowest BCUT2D eigenvalue weighted by molar-refractivity contribution is 0.483. The highest BCUT2D eigenvalue weighted by Gasteiger charge is 2.15. The molecule has 3 N–H and O–H groups in total. The van der Waals surface area contributed by atoms with Gasteiger partial charge in [0.25, 0.3) is 10.1 Å². The number of benzene rings is 1. The van der Waals surface area contributed by atoms with Crippen LogP contribution in [0, 0.1) is 6.92 Å². The topological polar surface area (TPSA) is 80.4 Å². The smallest absolute Gasteiger partial charge is 0.296 e. The van der Waals surface area contributed by atoms with Gasteiger partial charge in [-0.25, -0.2) is 0 Å². The van der Waals surface area contributed by atoms with Crippen LogP contribution in [0.25, 0.3) is 0 Å². The van der Waals surface area contributed by atoms with E-state index in [0.717, 1.165) is 0 Å². The Kier molecular flexibility index (Phi) is 2.51. The normalized spacial score (nSPS) is 11.6. The van der Waals surface area contributed by atoms with Crippen molar-refractivity contribution in [1.82, 2.24) is 0 Å². The molecule has 1 aromatic rings. The molecule has 0 spiro atoms. The van der Waals surface area contributed by atoms with Crippen LogP contribution in [-0.2, 0) is 10.1 Å². The predicted octanol–water partition coefficient (Wildman–Crippen LogP) is 1.48. The first-order chi connectivity index (χ1) is 5.82. The maximum atomic E-state index is 10.7. The maximum Gasteiger partial charge on any atom is 0.296 e. The quantitative estimate of drug-likeness (QED) is 0.556. The van der Waals surface area contributed by atoms with Gasteiger partial charge in [-0.3, -0.25) is 4.55 Å². The van der Waals surface area contributed by atoms with Crippen molar-refractivity contribution in [1.29, 1.82) is 0 Å². The van der Waals surface area contributed by atoms with Crippen LogP contribution >= 0.6 is 11.6 Å². The molecule has 0 radical (unpaired) electrons. The van der Waals surface area contributed by atoms with Crippen LogP contribution in [0.3, 0.4) is 0 Å². The fraction of sp³-hybridized carbons (Fsp3) is 0.143. The average Bonchev–Trinajstić information content (AvgIpc) is 1.94. The van der Waals surface area contributed by atoms with Gasteiger partial charge in [0.1, 0.15) is 4.90 Å². The summed E-state index contributed by atoms with van der Waals surface area (Å²) in [6, 6.07) is 2.52. The zero-order chi connectivity index (χ0) is 10.2. The second-order valence-corrected chi connectivity index (χ2v) is 4.41. The Labute approximate surface area is 81.1 Å². The third kappa shape index (κ3) is 2.12. The number of hydrogen-bond donors (Lipinski definition) is 2. The Hall–Kier alpha value is -0.780. The molecule has 0 heterocycles.